The first-order chi connectivity index (χ1) is 9.29. The van der Waals surface area contributed by atoms with E-state index in [4.69, 9.17) is 0 Å². The van der Waals surface area contributed by atoms with Gasteiger partial charge in [0.1, 0.15) is 0 Å². The van der Waals surface area contributed by atoms with Crippen LogP contribution in [-0.4, -0.2) is 5.78 Å². The Morgan fingerprint density at radius 1 is 0.895 bits per heavy atom. The highest BCUT2D eigenvalue weighted by Gasteiger charge is 2.09. The van der Waals surface area contributed by atoms with E-state index in [9.17, 15) is 4.79 Å². The van der Waals surface area contributed by atoms with Crippen molar-refractivity contribution in [1.29, 1.82) is 0 Å². The topological polar surface area (TPSA) is 17.1 Å². The van der Waals surface area contributed by atoms with Gasteiger partial charge < -0.3 is 0 Å². The third-order valence-corrected chi connectivity index (χ3v) is 3.52. The molecule has 1 heteroatoms. The minimum absolute atomic E-state index is 0.239. The van der Waals surface area contributed by atoms with Crippen molar-refractivity contribution in [1.82, 2.24) is 0 Å². The zero-order chi connectivity index (χ0) is 13.2. The Bertz CT molecular complexity index is 756. The van der Waals surface area contributed by atoms with Crippen LogP contribution in [0.25, 0.3) is 21.5 Å². The summed E-state index contributed by atoms with van der Waals surface area (Å²) in [5.41, 5.74) is 0.852. The van der Waals surface area contributed by atoms with E-state index >= 15 is 0 Å². The molecule has 0 aromatic heterocycles. The van der Waals surface area contributed by atoms with Crippen molar-refractivity contribution in [3.63, 3.8) is 0 Å². The van der Waals surface area contributed by atoms with E-state index in [-0.39, 0.29) is 5.78 Å². The van der Waals surface area contributed by atoms with Gasteiger partial charge in [0, 0.05) is 12.0 Å². The number of hydrogen-bond acceptors (Lipinski definition) is 1. The standard InChI is InChI=1S/C18H16O/c1-2-6-18(19)16-10-5-9-15-11-13-7-3-4-8-14(13)12-17(15)16/h3-5,7-12H,2,6H2,1H3. The van der Waals surface area contributed by atoms with Crippen molar-refractivity contribution in [2.24, 2.45) is 0 Å². The summed E-state index contributed by atoms with van der Waals surface area (Å²) < 4.78 is 0. The molecule has 1 nitrogen and oxygen atoms in total. The molecule has 0 aliphatic heterocycles. The van der Waals surface area contributed by atoms with Gasteiger partial charge in [-0.2, -0.15) is 0 Å². The fraction of sp³-hybridized carbons (Fsp3) is 0.167. The van der Waals surface area contributed by atoms with Crippen molar-refractivity contribution < 1.29 is 4.79 Å². The molecule has 3 rings (SSSR count). The van der Waals surface area contributed by atoms with Crippen molar-refractivity contribution in [2.45, 2.75) is 19.8 Å². The van der Waals surface area contributed by atoms with Crippen LogP contribution in [0.3, 0.4) is 0 Å². The number of rotatable bonds is 3. The molecule has 3 aromatic carbocycles. The highest BCUT2D eigenvalue weighted by atomic mass is 16.1. The summed E-state index contributed by atoms with van der Waals surface area (Å²) in [4.78, 5) is 12.2. The smallest absolute Gasteiger partial charge is 0.163 e. The molecule has 0 atom stereocenters. The molecular weight excluding hydrogens is 232 g/mol. The molecule has 0 saturated heterocycles. The van der Waals surface area contributed by atoms with Crippen LogP contribution < -0.4 is 0 Å². The summed E-state index contributed by atoms with van der Waals surface area (Å²) in [5, 5.41) is 4.61. The van der Waals surface area contributed by atoms with Crippen molar-refractivity contribution in [2.75, 3.05) is 0 Å². The minimum atomic E-state index is 0.239. The lowest BCUT2D eigenvalue weighted by atomic mass is 9.96. The van der Waals surface area contributed by atoms with Gasteiger partial charge in [0.15, 0.2) is 5.78 Å². The van der Waals surface area contributed by atoms with Crippen LogP contribution in [0.1, 0.15) is 30.1 Å². The van der Waals surface area contributed by atoms with Gasteiger partial charge in [-0.05, 0) is 40.1 Å². The summed E-state index contributed by atoms with van der Waals surface area (Å²) >= 11 is 0. The number of fused-ring (bicyclic) bond motifs is 2. The lowest BCUT2D eigenvalue weighted by Crippen LogP contribution is -1.99. The van der Waals surface area contributed by atoms with Gasteiger partial charge in [0.05, 0.1) is 0 Å². The van der Waals surface area contributed by atoms with Crippen molar-refractivity contribution in [3.8, 4) is 0 Å². The molecule has 0 radical (unpaired) electrons. The van der Waals surface area contributed by atoms with Crippen molar-refractivity contribution >= 4 is 27.3 Å². The van der Waals surface area contributed by atoms with E-state index in [0.29, 0.717) is 6.42 Å². The molecule has 0 fully saturated rings. The molecule has 0 bridgehead atoms. The van der Waals surface area contributed by atoms with Crippen LogP contribution in [-0.2, 0) is 0 Å². The molecule has 0 amide bonds. The van der Waals surface area contributed by atoms with Gasteiger partial charge in [-0.1, -0.05) is 49.4 Å². The summed E-state index contributed by atoms with van der Waals surface area (Å²) in [6.45, 7) is 2.04. The maximum Gasteiger partial charge on any atom is 0.163 e. The number of hydrogen-bond donors (Lipinski definition) is 0. The largest absolute Gasteiger partial charge is 0.294 e. The van der Waals surface area contributed by atoms with E-state index in [1.54, 1.807) is 0 Å². The Labute approximate surface area is 112 Å². The first-order valence-electron chi connectivity index (χ1n) is 6.74. The summed E-state index contributed by atoms with van der Waals surface area (Å²) in [5.74, 6) is 0.239. The Balaban J connectivity index is 2.29. The van der Waals surface area contributed by atoms with Crippen LogP contribution in [0, 0.1) is 0 Å². The summed E-state index contributed by atoms with van der Waals surface area (Å²) in [7, 11) is 0. The highest BCUT2D eigenvalue weighted by molar-refractivity contribution is 6.11. The SMILES string of the molecule is CCCC(=O)c1cccc2cc3ccccc3cc12. The molecule has 0 aliphatic rings. The molecule has 0 heterocycles. The number of ketones is 1. The highest BCUT2D eigenvalue weighted by Crippen LogP contribution is 2.26. The zero-order valence-corrected chi connectivity index (χ0v) is 11.0. The Morgan fingerprint density at radius 2 is 1.58 bits per heavy atom. The number of carbonyl (C=O) groups is 1. The van der Waals surface area contributed by atoms with Gasteiger partial charge in [-0.15, -0.1) is 0 Å². The zero-order valence-electron chi connectivity index (χ0n) is 11.0. The summed E-state index contributed by atoms with van der Waals surface area (Å²) in [6, 6.07) is 18.6. The van der Waals surface area contributed by atoms with Gasteiger partial charge in [0.25, 0.3) is 0 Å². The molecule has 0 spiro atoms. The second kappa shape index (κ2) is 4.85. The molecule has 94 valence electrons. The fourth-order valence-electron chi connectivity index (χ4n) is 2.57. The van der Waals surface area contributed by atoms with Gasteiger partial charge in [0.2, 0.25) is 0 Å². The molecular formula is C18H16O. The number of carbonyl (C=O) groups excluding carboxylic acids is 1. The Kier molecular flexibility index (Phi) is 3.04. The number of benzene rings is 3. The van der Waals surface area contributed by atoms with E-state index in [0.717, 1.165) is 22.8 Å². The van der Waals surface area contributed by atoms with E-state index < -0.39 is 0 Å². The lowest BCUT2D eigenvalue weighted by Gasteiger charge is -2.07. The maximum absolute atomic E-state index is 12.2. The maximum atomic E-state index is 12.2. The Hall–Kier alpha value is -2.15. The Morgan fingerprint density at radius 3 is 2.32 bits per heavy atom. The molecule has 0 saturated carbocycles. The minimum Gasteiger partial charge on any atom is -0.294 e. The van der Waals surface area contributed by atoms with Crippen LogP contribution in [0.5, 0.6) is 0 Å². The lowest BCUT2D eigenvalue weighted by molar-refractivity contribution is 0.0983. The number of Topliss-reactive ketones (excluding diaryl/α,β-unsaturated/α-hetero) is 1. The van der Waals surface area contributed by atoms with Gasteiger partial charge >= 0.3 is 0 Å². The van der Waals surface area contributed by atoms with Crippen LogP contribution >= 0.6 is 0 Å². The third kappa shape index (κ3) is 2.12. The fourth-order valence-corrected chi connectivity index (χ4v) is 2.57. The van der Waals surface area contributed by atoms with Gasteiger partial charge in [-0.3, -0.25) is 4.79 Å². The van der Waals surface area contributed by atoms with Crippen LogP contribution in [0.4, 0.5) is 0 Å². The third-order valence-electron chi connectivity index (χ3n) is 3.52. The molecule has 0 aliphatic carbocycles. The van der Waals surface area contributed by atoms with Crippen LogP contribution in [0.2, 0.25) is 0 Å². The first kappa shape index (κ1) is 11.9. The molecule has 3 aromatic rings. The average Bonchev–Trinajstić information content (AvgIpc) is 2.44. The monoisotopic (exact) mass is 248 g/mol. The van der Waals surface area contributed by atoms with Gasteiger partial charge in [-0.25, -0.2) is 0 Å². The predicted octanol–water partition coefficient (Wildman–Crippen LogP) is 4.98. The summed E-state index contributed by atoms with van der Waals surface area (Å²) in [6.07, 6.45) is 1.51. The van der Waals surface area contributed by atoms with E-state index in [2.05, 4.69) is 30.3 Å². The molecule has 0 unspecified atom stereocenters. The first-order valence-corrected chi connectivity index (χ1v) is 6.74. The van der Waals surface area contributed by atoms with E-state index in [1.807, 2.05) is 31.2 Å². The molecule has 19 heavy (non-hydrogen) atoms. The second-order valence-corrected chi connectivity index (χ2v) is 4.90. The average molecular weight is 248 g/mol. The predicted molar refractivity (Wildman–Crippen MR) is 80.7 cm³/mol. The second-order valence-electron chi connectivity index (χ2n) is 4.90. The normalized spacial score (nSPS) is 11.0. The molecule has 0 N–H and O–H groups in total. The quantitative estimate of drug-likeness (QED) is 0.472. The van der Waals surface area contributed by atoms with E-state index in [1.165, 1.54) is 10.8 Å². The van der Waals surface area contributed by atoms with Crippen LogP contribution in [0.15, 0.2) is 54.6 Å². The van der Waals surface area contributed by atoms with Crippen molar-refractivity contribution in [3.05, 3.63) is 60.2 Å².